The van der Waals surface area contributed by atoms with Crippen LogP contribution in [0.5, 0.6) is 17.2 Å². The lowest BCUT2D eigenvalue weighted by atomic mass is 9.98. The molecule has 6 heteroatoms. The molecule has 2 N–H and O–H groups in total. The Morgan fingerprint density at radius 3 is 2.22 bits per heavy atom. The molecule has 3 atom stereocenters. The fourth-order valence-electron chi connectivity index (χ4n) is 3.99. The first-order valence-corrected chi connectivity index (χ1v) is 7.93. The highest BCUT2D eigenvalue weighted by atomic mass is 35.5. The van der Waals surface area contributed by atoms with Crippen molar-refractivity contribution >= 4 is 12.4 Å². The Hall–Kier alpha value is -1.17. The zero-order valence-corrected chi connectivity index (χ0v) is 14.9. The average Bonchev–Trinajstić information content (AvgIpc) is 3.09. The van der Waals surface area contributed by atoms with Gasteiger partial charge in [-0.3, -0.25) is 4.90 Å². The molecule has 1 saturated carbocycles. The summed E-state index contributed by atoms with van der Waals surface area (Å²) in [6.07, 6.45) is 2.44. The molecule has 0 aromatic heterocycles. The smallest absolute Gasteiger partial charge is 0.130 e. The molecule has 130 valence electrons. The first-order valence-electron chi connectivity index (χ1n) is 7.93. The number of hydrogen-bond acceptors (Lipinski definition) is 5. The van der Waals surface area contributed by atoms with Gasteiger partial charge in [-0.05, 0) is 24.7 Å². The first-order chi connectivity index (χ1) is 10.7. The second-order valence-corrected chi connectivity index (χ2v) is 6.37. The summed E-state index contributed by atoms with van der Waals surface area (Å²) in [5.74, 6) is 3.79. The van der Waals surface area contributed by atoms with Gasteiger partial charge in [0.1, 0.15) is 17.2 Å². The zero-order valence-electron chi connectivity index (χ0n) is 14.1. The van der Waals surface area contributed by atoms with E-state index in [4.69, 9.17) is 19.9 Å². The Bertz CT molecular complexity index is 516. The third-order valence-corrected chi connectivity index (χ3v) is 5.19. The van der Waals surface area contributed by atoms with Crippen molar-refractivity contribution in [3.8, 4) is 17.2 Å². The number of ether oxygens (including phenoxy) is 3. The number of nitrogens with zero attached hydrogens (tertiary/aromatic N) is 1. The molecular weight excluding hydrogens is 316 g/mol. The predicted octanol–water partition coefficient (Wildman–Crippen LogP) is 2.30. The van der Waals surface area contributed by atoms with E-state index < -0.39 is 0 Å². The highest BCUT2D eigenvalue weighted by molar-refractivity contribution is 5.85. The lowest BCUT2D eigenvalue weighted by Gasteiger charge is -2.22. The van der Waals surface area contributed by atoms with E-state index in [9.17, 15) is 0 Å². The minimum Gasteiger partial charge on any atom is -0.496 e. The van der Waals surface area contributed by atoms with Crippen LogP contribution in [-0.2, 0) is 6.54 Å². The summed E-state index contributed by atoms with van der Waals surface area (Å²) in [7, 11) is 5.02. The SMILES string of the molecule is COc1cc(OC)c(CN2CC3CCC(N)C3C2)c(OC)c1.Cl. The monoisotopic (exact) mass is 342 g/mol. The summed E-state index contributed by atoms with van der Waals surface area (Å²) in [5.41, 5.74) is 7.32. The van der Waals surface area contributed by atoms with Crippen LogP contribution in [0.4, 0.5) is 0 Å². The van der Waals surface area contributed by atoms with Crippen molar-refractivity contribution in [3.05, 3.63) is 17.7 Å². The van der Waals surface area contributed by atoms with Gasteiger partial charge in [0.2, 0.25) is 0 Å². The van der Waals surface area contributed by atoms with Gasteiger partial charge in [0.05, 0.1) is 26.9 Å². The zero-order chi connectivity index (χ0) is 15.7. The van der Waals surface area contributed by atoms with Crippen LogP contribution in [0.3, 0.4) is 0 Å². The molecular formula is C17H27ClN2O3. The number of halogens is 1. The number of methoxy groups -OCH3 is 3. The third kappa shape index (κ3) is 3.52. The normalized spacial score (nSPS) is 26.5. The van der Waals surface area contributed by atoms with Crippen molar-refractivity contribution in [2.75, 3.05) is 34.4 Å². The van der Waals surface area contributed by atoms with Crippen LogP contribution >= 0.6 is 12.4 Å². The summed E-state index contributed by atoms with van der Waals surface area (Å²) in [6, 6.07) is 4.20. The van der Waals surface area contributed by atoms with Crippen molar-refractivity contribution in [2.45, 2.75) is 25.4 Å². The molecule has 0 radical (unpaired) electrons. The summed E-state index contributed by atoms with van der Waals surface area (Å²) >= 11 is 0. The molecule has 3 rings (SSSR count). The highest BCUT2D eigenvalue weighted by Gasteiger charge is 2.41. The first kappa shape index (κ1) is 18.2. The van der Waals surface area contributed by atoms with Crippen molar-refractivity contribution in [1.29, 1.82) is 0 Å². The van der Waals surface area contributed by atoms with Crippen LogP contribution in [0.25, 0.3) is 0 Å². The average molecular weight is 343 g/mol. The Morgan fingerprint density at radius 2 is 1.70 bits per heavy atom. The van der Waals surface area contributed by atoms with Crippen molar-refractivity contribution in [2.24, 2.45) is 17.6 Å². The molecule has 3 unspecified atom stereocenters. The van der Waals surface area contributed by atoms with Gasteiger partial charge < -0.3 is 19.9 Å². The fraction of sp³-hybridized carbons (Fsp3) is 0.647. The topological polar surface area (TPSA) is 57.0 Å². The Labute approximate surface area is 144 Å². The minimum atomic E-state index is 0. The van der Waals surface area contributed by atoms with Crippen molar-refractivity contribution < 1.29 is 14.2 Å². The Balaban J connectivity index is 0.00000192. The molecule has 1 aromatic carbocycles. The minimum absolute atomic E-state index is 0. The lowest BCUT2D eigenvalue weighted by molar-refractivity contribution is 0.283. The number of rotatable bonds is 5. The standard InChI is InChI=1S/C17H26N2O3.ClH/c1-20-12-6-16(21-2)14(17(7-12)22-3)10-19-8-11-4-5-15(18)13(11)9-19;/h6-7,11,13,15H,4-5,8-10,18H2,1-3H3;1H. The molecule has 0 bridgehead atoms. The maximum atomic E-state index is 6.23. The van der Waals surface area contributed by atoms with E-state index in [2.05, 4.69) is 4.90 Å². The van der Waals surface area contributed by atoms with Gasteiger partial charge in [0.15, 0.2) is 0 Å². The van der Waals surface area contributed by atoms with Crippen molar-refractivity contribution in [1.82, 2.24) is 4.90 Å². The number of hydrogen-bond donors (Lipinski definition) is 1. The Kier molecular flexibility index (Phi) is 6.00. The molecule has 0 amide bonds. The molecule has 1 aliphatic heterocycles. The Morgan fingerprint density at radius 1 is 1.04 bits per heavy atom. The van der Waals surface area contributed by atoms with E-state index in [1.165, 1.54) is 12.8 Å². The van der Waals surface area contributed by atoms with Gasteiger partial charge in [0, 0.05) is 37.8 Å². The maximum absolute atomic E-state index is 6.23. The summed E-state index contributed by atoms with van der Waals surface area (Å²) in [6.45, 7) is 3.02. The molecule has 1 aromatic rings. The van der Waals surface area contributed by atoms with Gasteiger partial charge in [-0.25, -0.2) is 0 Å². The number of likely N-dealkylation sites (tertiary alicyclic amines) is 1. The second-order valence-electron chi connectivity index (χ2n) is 6.37. The number of nitrogens with two attached hydrogens (primary N) is 1. The highest BCUT2D eigenvalue weighted by Crippen LogP contribution is 2.40. The van der Waals surface area contributed by atoms with Crippen LogP contribution in [0.2, 0.25) is 0 Å². The van der Waals surface area contributed by atoms with E-state index in [0.717, 1.165) is 48.4 Å². The summed E-state index contributed by atoms with van der Waals surface area (Å²) < 4.78 is 16.4. The maximum Gasteiger partial charge on any atom is 0.130 e. The van der Waals surface area contributed by atoms with E-state index in [1.54, 1.807) is 21.3 Å². The second kappa shape index (κ2) is 7.60. The van der Waals surface area contributed by atoms with Gasteiger partial charge in [-0.1, -0.05) is 0 Å². The van der Waals surface area contributed by atoms with Crippen LogP contribution in [0.1, 0.15) is 18.4 Å². The van der Waals surface area contributed by atoms with E-state index in [0.29, 0.717) is 12.0 Å². The molecule has 5 nitrogen and oxygen atoms in total. The van der Waals surface area contributed by atoms with E-state index in [-0.39, 0.29) is 12.4 Å². The van der Waals surface area contributed by atoms with Crippen LogP contribution in [-0.4, -0.2) is 45.4 Å². The molecule has 2 fully saturated rings. The van der Waals surface area contributed by atoms with Gasteiger partial charge in [-0.15, -0.1) is 12.4 Å². The predicted molar refractivity (Wildman–Crippen MR) is 92.8 cm³/mol. The lowest BCUT2D eigenvalue weighted by Crippen LogP contribution is -2.30. The molecule has 23 heavy (non-hydrogen) atoms. The van der Waals surface area contributed by atoms with Crippen LogP contribution in [0, 0.1) is 11.8 Å². The van der Waals surface area contributed by atoms with Crippen LogP contribution < -0.4 is 19.9 Å². The fourth-order valence-corrected chi connectivity index (χ4v) is 3.99. The van der Waals surface area contributed by atoms with Crippen molar-refractivity contribution in [3.63, 3.8) is 0 Å². The number of benzene rings is 1. The van der Waals surface area contributed by atoms with Gasteiger partial charge in [0.25, 0.3) is 0 Å². The van der Waals surface area contributed by atoms with Crippen LogP contribution in [0.15, 0.2) is 12.1 Å². The molecule has 2 aliphatic rings. The molecule has 1 heterocycles. The third-order valence-electron chi connectivity index (χ3n) is 5.19. The van der Waals surface area contributed by atoms with E-state index >= 15 is 0 Å². The quantitative estimate of drug-likeness (QED) is 0.889. The van der Waals surface area contributed by atoms with Gasteiger partial charge in [-0.2, -0.15) is 0 Å². The van der Waals surface area contributed by atoms with Gasteiger partial charge >= 0.3 is 0 Å². The largest absolute Gasteiger partial charge is 0.496 e. The number of fused-ring (bicyclic) bond motifs is 1. The molecule has 1 saturated heterocycles. The molecule has 0 spiro atoms. The molecule has 1 aliphatic carbocycles. The summed E-state index contributed by atoms with van der Waals surface area (Å²) in [5, 5.41) is 0. The summed E-state index contributed by atoms with van der Waals surface area (Å²) in [4.78, 5) is 2.47. The van der Waals surface area contributed by atoms with E-state index in [1.807, 2.05) is 12.1 Å².